The molecule has 6 nitrogen and oxygen atoms in total. The van der Waals surface area contributed by atoms with Crippen LogP contribution in [0.15, 0.2) is 28.8 Å². The predicted octanol–water partition coefficient (Wildman–Crippen LogP) is 2.22. The molecular formula is C13H15N3O3. The van der Waals surface area contributed by atoms with Crippen LogP contribution in [0.5, 0.6) is 5.75 Å². The van der Waals surface area contributed by atoms with Crippen molar-refractivity contribution in [3.8, 4) is 5.75 Å². The number of carbonyl (C=O) groups excluding carboxylic acids is 1. The van der Waals surface area contributed by atoms with E-state index in [1.54, 1.807) is 31.2 Å². The molecule has 19 heavy (non-hydrogen) atoms. The Balaban J connectivity index is 2.13. The molecule has 3 N–H and O–H groups in total. The van der Waals surface area contributed by atoms with Crippen LogP contribution in [0.1, 0.15) is 23.0 Å². The zero-order valence-corrected chi connectivity index (χ0v) is 10.8. The van der Waals surface area contributed by atoms with Crippen LogP contribution in [0.4, 0.5) is 11.5 Å². The third-order valence-corrected chi connectivity index (χ3v) is 2.44. The van der Waals surface area contributed by atoms with Gasteiger partial charge in [-0.1, -0.05) is 5.16 Å². The lowest BCUT2D eigenvalue weighted by Crippen LogP contribution is -2.12. The highest BCUT2D eigenvalue weighted by Crippen LogP contribution is 2.23. The molecule has 0 atom stereocenters. The number of nitrogens with zero attached hydrogens (tertiary/aromatic N) is 1. The molecule has 0 saturated carbocycles. The second-order valence-corrected chi connectivity index (χ2v) is 3.96. The molecule has 1 aromatic heterocycles. The van der Waals surface area contributed by atoms with Crippen molar-refractivity contribution in [1.82, 2.24) is 5.16 Å². The molecule has 1 amide bonds. The Kier molecular flexibility index (Phi) is 3.70. The average Bonchev–Trinajstić information content (AvgIpc) is 2.77. The molecule has 0 saturated heterocycles. The maximum absolute atomic E-state index is 12.0. The molecule has 0 aliphatic carbocycles. The summed E-state index contributed by atoms with van der Waals surface area (Å²) in [4.78, 5) is 12.0. The molecule has 0 radical (unpaired) electrons. The van der Waals surface area contributed by atoms with Gasteiger partial charge in [0.25, 0.3) is 5.91 Å². The van der Waals surface area contributed by atoms with E-state index in [0.717, 1.165) is 0 Å². The van der Waals surface area contributed by atoms with Gasteiger partial charge in [0.05, 0.1) is 12.3 Å². The fraction of sp³-hybridized carbons (Fsp3) is 0.231. The topological polar surface area (TPSA) is 90.4 Å². The molecule has 0 unspecified atom stereocenters. The summed E-state index contributed by atoms with van der Waals surface area (Å²) in [5, 5.41) is 6.31. The lowest BCUT2D eigenvalue weighted by atomic mass is 10.1. The molecule has 100 valence electrons. The number of rotatable bonds is 4. The van der Waals surface area contributed by atoms with Gasteiger partial charge in [-0.05, 0) is 32.0 Å². The lowest BCUT2D eigenvalue weighted by molar-refractivity contribution is 0.102. The monoisotopic (exact) mass is 261 g/mol. The number of hydrogen-bond acceptors (Lipinski definition) is 5. The van der Waals surface area contributed by atoms with Crippen LogP contribution < -0.4 is 15.8 Å². The molecule has 0 spiro atoms. The van der Waals surface area contributed by atoms with E-state index >= 15 is 0 Å². The maximum Gasteiger partial charge on any atom is 0.256 e. The molecule has 2 rings (SSSR count). The summed E-state index contributed by atoms with van der Waals surface area (Å²) in [5.74, 6) is 1.26. The number of hydrogen-bond donors (Lipinski definition) is 2. The van der Waals surface area contributed by atoms with Crippen LogP contribution in [0.25, 0.3) is 0 Å². The maximum atomic E-state index is 12.0. The Morgan fingerprint density at radius 3 is 2.84 bits per heavy atom. The largest absolute Gasteiger partial charge is 0.492 e. The number of ether oxygens (including phenoxy) is 1. The number of anilines is 2. The molecule has 1 heterocycles. The first-order chi connectivity index (χ1) is 9.10. The van der Waals surface area contributed by atoms with Gasteiger partial charge in [-0.15, -0.1) is 0 Å². The number of amides is 1. The zero-order valence-electron chi connectivity index (χ0n) is 10.8. The van der Waals surface area contributed by atoms with E-state index in [0.29, 0.717) is 35.2 Å². The van der Waals surface area contributed by atoms with Crippen LogP contribution in [0.3, 0.4) is 0 Å². The van der Waals surface area contributed by atoms with Gasteiger partial charge in [-0.2, -0.15) is 0 Å². The van der Waals surface area contributed by atoms with Crippen molar-refractivity contribution in [2.24, 2.45) is 0 Å². The molecule has 0 aliphatic rings. The van der Waals surface area contributed by atoms with Gasteiger partial charge in [-0.3, -0.25) is 4.79 Å². The van der Waals surface area contributed by atoms with E-state index in [9.17, 15) is 4.79 Å². The van der Waals surface area contributed by atoms with E-state index in [2.05, 4.69) is 10.5 Å². The standard InChI is InChI=1S/C13H15N3O3/c1-3-18-11-5-4-9(7-10(11)14)13(17)15-12-6-8(2)19-16-12/h4-7H,3,14H2,1-2H3,(H,15,16,17). The predicted molar refractivity (Wildman–Crippen MR) is 71.2 cm³/mol. The Morgan fingerprint density at radius 1 is 1.47 bits per heavy atom. The number of nitrogen functional groups attached to an aromatic ring is 1. The summed E-state index contributed by atoms with van der Waals surface area (Å²) in [6.07, 6.45) is 0. The Bertz CT molecular complexity index is 593. The summed E-state index contributed by atoms with van der Waals surface area (Å²) in [6.45, 7) is 4.14. The van der Waals surface area contributed by atoms with Crippen molar-refractivity contribution in [2.45, 2.75) is 13.8 Å². The third-order valence-electron chi connectivity index (χ3n) is 2.44. The molecule has 0 fully saturated rings. The molecular weight excluding hydrogens is 246 g/mol. The molecule has 6 heteroatoms. The number of carbonyl (C=O) groups is 1. The van der Waals surface area contributed by atoms with E-state index in [4.69, 9.17) is 15.0 Å². The van der Waals surface area contributed by atoms with E-state index in [1.165, 1.54) is 0 Å². The summed E-state index contributed by atoms with van der Waals surface area (Å²) < 4.78 is 10.2. The first-order valence-electron chi connectivity index (χ1n) is 5.87. The Morgan fingerprint density at radius 2 is 2.26 bits per heavy atom. The van der Waals surface area contributed by atoms with Crippen molar-refractivity contribution in [3.63, 3.8) is 0 Å². The Labute approximate surface area is 110 Å². The minimum atomic E-state index is -0.303. The minimum absolute atomic E-state index is 0.303. The van der Waals surface area contributed by atoms with E-state index in [1.807, 2.05) is 6.92 Å². The van der Waals surface area contributed by atoms with Crippen LogP contribution in [0.2, 0.25) is 0 Å². The smallest absolute Gasteiger partial charge is 0.256 e. The minimum Gasteiger partial charge on any atom is -0.492 e. The number of benzene rings is 1. The fourth-order valence-electron chi connectivity index (χ4n) is 1.59. The van der Waals surface area contributed by atoms with Gasteiger partial charge in [0.1, 0.15) is 11.5 Å². The highest BCUT2D eigenvalue weighted by molar-refractivity contribution is 6.04. The van der Waals surface area contributed by atoms with Gasteiger partial charge < -0.3 is 20.3 Å². The van der Waals surface area contributed by atoms with Crippen molar-refractivity contribution in [2.75, 3.05) is 17.7 Å². The van der Waals surface area contributed by atoms with Gasteiger partial charge in [0.2, 0.25) is 0 Å². The van der Waals surface area contributed by atoms with Gasteiger partial charge >= 0.3 is 0 Å². The van der Waals surface area contributed by atoms with Gasteiger partial charge in [-0.25, -0.2) is 0 Å². The number of aromatic nitrogens is 1. The van der Waals surface area contributed by atoms with Crippen LogP contribution >= 0.6 is 0 Å². The van der Waals surface area contributed by atoms with E-state index < -0.39 is 0 Å². The second kappa shape index (κ2) is 5.43. The SMILES string of the molecule is CCOc1ccc(C(=O)Nc2cc(C)on2)cc1N. The van der Waals surface area contributed by atoms with E-state index in [-0.39, 0.29) is 5.91 Å². The van der Waals surface area contributed by atoms with Crippen molar-refractivity contribution in [3.05, 3.63) is 35.6 Å². The number of aryl methyl sites for hydroxylation is 1. The third kappa shape index (κ3) is 3.04. The Hall–Kier alpha value is -2.50. The van der Waals surface area contributed by atoms with Gasteiger partial charge in [0.15, 0.2) is 5.82 Å². The molecule has 2 aromatic rings. The highest BCUT2D eigenvalue weighted by atomic mass is 16.5. The van der Waals surface area contributed by atoms with Gasteiger partial charge in [0, 0.05) is 11.6 Å². The second-order valence-electron chi connectivity index (χ2n) is 3.96. The van der Waals surface area contributed by atoms with Crippen LogP contribution in [0, 0.1) is 6.92 Å². The normalized spacial score (nSPS) is 10.2. The fourth-order valence-corrected chi connectivity index (χ4v) is 1.59. The highest BCUT2D eigenvalue weighted by Gasteiger charge is 2.11. The summed E-state index contributed by atoms with van der Waals surface area (Å²) in [6, 6.07) is 6.51. The summed E-state index contributed by atoms with van der Waals surface area (Å²) in [5.41, 5.74) is 6.66. The molecule has 0 bridgehead atoms. The first-order valence-corrected chi connectivity index (χ1v) is 5.87. The first kappa shape index (κ1) is 12.9. The van der Waals surface area contributed by atoms with Crippen molar-refractivity contribution >= 4 is 17.4 Å². The van der Waals surface area contributed by atoms with Crippen molar-refractivity contribution < 1.29 is 14.1 Å². The summed E-state index contributed by atoms with van der Waals surface area (Å²) >= 11 is 0. The lowest BCUT2D eigenvalue weighted by Gasteiger charge is -2.08. The number of nitrogens with one attached hydrogen (secondary N) is 1. The number of nitrogens with two attached hydrogens (primary N) is 1. The average molecular weight is 261 g/mol. The summed E-state index contributed by atoms with van der Waals surface area (Å²) in [7, 11) is 0. The zero-order chi connectivity index (χ0) is 13.8. The molecule has 0 aliphatic heterocycles. The van der Waals surface area contributed by atoms with Crippen molar-refractivity contribution in [1.29, 1.82) is 0 Å². The molecule has 1 aromatic carbocycles. The van der Waals surface area contributed by atoms with Crippen LogP contribution in [-0.4, -0.2) is 17.7 Å². The quantitative estimate of drug-likeness (QED) is 0.823. The van der Waals surface area contributed by atoms with Crippen LogP contribution in [-0.2, 0) is 0 Å².